The molecule has 0 saturated carbocycles. The highest BCUT2D eigenvalue weighted by Gasteiger charge is 2.23. The number of para-hydroxylation sites is 1. The summed E-state index contributed by atoms with van der Waals surface area (Å²) in [4.78, 5) is 18.3. The Kier molecular flexibility index (Phi) is 4.11. The van der Waals surface area contributed by atoms with Gasteiger partial charge in [0.1, 0.15) is 11.7 Å². The highest BCUT2D eigenvalue weighted by molar-refractivity contribution is 6.05. The van der Waals surface area contributed by atoms with E-state index in [0.717, 1.165) is 5.69 Å². The molecule has 4 nitrogen and oxygen atoms in total. The average Bonchev–Trinajstić information content (AvgIpc) is 2.48. The number of aromatic nitrogens is 1. The Hall–Kier alpha value is -2.67. The van der Waals surface area contributed by atoms with Crippen LogP contribution in [0.2, 0.25) is 0 Å². The predicted octanol–water partition coefficient (Wildman–Crippen LogP) is 2.95. The summed E-state index contributed by atoms with van der Waals surface area (Å²) in [7, 11) is 0. The fraction of sp³-hybridized carbons (Fsp3) is 0.188. The number of hydrogen-bond donors (Lipinski definition) is 0. The van der Waals surface area contributed by atoms with Gasteiger partial charge >= 0.3 is 0 Å². The summed E-state index contributed by atoms with van der Waals surface area (Å²) in [5.74, 6) is -0.269. The lowest BCUT2D eigenvalue weighted by molar-refractivity contribution is 0.0978. The molecule has 4 heteroatoms. The molecular weight excluding hydrogens is 250 g/mol. The Labute approximate surface area is 118 Å². The third kappa shape index (κ3) is 2.83. The summed E-state index contributed by atoms with van der Waals surface area (Å²) in [5, 5.41) is 9.15. The maximum Gasteiger partial charge on any atom is 0.277 e. The van der Waals surface area contributed by atoms with Gasteiger partial charge in [-0.2, -0.15) is 5.26 Å². The van der Waals surface area contributed by atoms with Gasteiger partial charge in [-0.3, -0.25) is 9.69 Å². The van der Waals surface area contributed by atoms with Gasteiger partial charge in [0.05, 0.1) is 6.07 Å². The molecule has 2 rings (SSSR count). The Morgan fingerprint density at radius 3 is 2.50 bits per heavy atom. The van der Waals surface area contributed by atoms with Crippen molar-refractivity contribution < 1.29 is 4.79 Å². The van der Waals surface area contributed by atoms with Crippen molar-refractivity contribution in [3.8, 4) is 6.07 Å². The molecule has 0 spiro atoms. The van der Waals surface area contributed by atoms with Gasteiger partial charge in [-0.1, -0.05) is 24.3 Å². The summed E-state index contributed by atoms with van der Waals surface area (Å²) < 4.78 is 0. The predicted molar refractivity (Wildman–Crippen MR) is 77.3 cm³/mol. The van der Waals surface area contributed by atoms with E-state index >= 15 is 0 Å². The van der Waals surface area contributed by atoms with Crippen LogP contribution in [0.4, 0.5) is 5.69 Å². The number of hydrogen-bond acceptors (Lipinski definition) is 3. The van der Waals surface area contributed by atoms with E-state index in [9.17, 15) is 4.79 Å². The number of nitriles is 1. The molecule has 100 valence electrons. The summed E-state index contributed by atoms with van der Waals surface area (Å²) in [6.45, 7) is 3.53. The van der Waals surface area contributed by atoms with Crippen LogP contribution in [0.15, 0.2) is 48.5 Å². The lowest BCUT2D eigenvalue weighted by Crippen LogP contribution is -2.38. The van der Waals surface area contributed by atoms with Crippen molar-refractivity contribution in [3.05, 3.63) is 59.9 Å². The molecule has 1 amide bonds. The van der Waals surface area contributed by atoms with E-state index in [1.165, 1.54) is 4.90 Å². The second-order valence-corrected chi connectivity index (χ2v) is 4.48. The Balaban J connectivity index is 2.43. The molecule has 0 bridgehead atoms. The third-order valence-electron chi connectivity index (χ3n) is 2.93. The van der Waals surface area contributed by atoms with Crippen LogP contribution >= 0.6 is 0 Å². The van der Waals surface area contributed by atoms with Crippen molar-refractivity contribution in [2.45, 2.75) is 19.9 Å². The van der Waals surface area contributed by atoms with Gasteiger partial charge in [0.2, 0.25) is 0 Å². The van der Waals surface area contributed by atoms with Crippen LogP contribution in [0.5, 0.6) is 0 Å². The van der Waals surface area contributed by atoms with Gasteiger partial charge in [0.15, 0.2) is 0 Å². The number of pyridine rings is 1. The second kappa shape index (κ2) is 5.98. The van der Waals surface area contributed by atoms with Crippen LogP contribution in [0.25, 0.3) is 0 Å². The molecule has 0 radical (unpaired) electrons. The largest absolute Gasteiger partial charge is 0.291 e. The second-order valence-electron chi connectivity index (χ2n) is 4.48. The number of rotatable bonds is 3. The van der Waals surface area contributed by atoms with Crippen molar-refractivity contribution in [2.24, 2.45) is 0 Å². The van der Waals surface area contributed by atoms with E-state index in [0.29, 0.717) is 11.4 Å². The smallest absolute Gasteiger partial charge is 0.277 e. The number of anilines is 1. The molecule has 0 N–H and O–H groups in total. The first-order chi connectivity index (χ1) is 9.63. The minimum atomic E-state index is -0.563. The first-order valence-corrected chi connectivity index (χ1v) is 6.35. The quantitative estimate of drug-likeness (QED) is 0.857. The molecule has 0 aliphatic carbocycles. The maximum absolute atomic E-state index is 12.6. The van der Waals surface area contributed by atoms with Crippen molar-refractivity contribution in [1.29, 1.82) is 5.26 Å². The molecule has 0 aliphatic rings. The van der Waals surface area contributed by atoms with E-state index in [2.05, 4.69) is 11.1 Å². The average molecular weight is 265 g/mol. The topological polar surface area (TPSA) is 57.0 Å². The molecule has 0 fully saturated rings. The number of nitrogens with zero attached hydrogens (tertiary/aromatic N) is 3. The van der Waals surface area contributed by atoms with Crippen LogP contribution in [-0.4, -0.2) is 16.9 Å². The van der Waals surface area contributed by atoms with Crippen molar-refractivity contribution in [3.63, 3.8) is 0 Å². The Bertz CT molecular complexity index is 646. The molecule has 1 unspecified atom stereocenters. The van der Waals surface area contributed by atoms with Gasteiger partial charge in [-0.25, -0.2) is 4.98 Å². The van der Waals surface area contributed by atoms with Gasteiger partial charge in [-0.15, -0.1) is 0 Å². The summed E-state index contributed by atoms with van der Waals surface area (Å²) in [6.07, 6.45) is 0. The molecular formula is C16H15N3O. The van der Waals surface area contributed by atoms with Gasteiger partial charge < -0.3 is 0 Å². The molecule has 1 heterocycles. The number of amides is 1. The maximum atomic E-state index is 12.6. The molecule has 0 saturated heterocycles. The minimum Gasteiger partial charge on any atom is -0.291 e. The van der Waals surface area contributed by atoms with Crippen molar-refractivity contribution in [2.75, 3.05) is 4.90 Å². The summed E-state index contributed by atoms with van der Waals surface area (Å²) >= 11 is 0. The fourth-order valence-corrected chi connectivity index (χ4v) is 1.95. The van der Waals surface area contributed by atoms with Crippen molar-refractivity contribution in [1.82, 2.24) is 4.98 Å². The zero-order chi connectivity index (χ0) is 14.5. The van der Waals surface area contributed by atoms with Crippen LogP contribution in [0.3, 0.4) is 0 Å². The van der Waals surface area contributed by atoms with E-state index in [4.69, 9.17) is 5.26 Å². The number of carbonyl (C=O) groups excluding carboxylic acids is 1. The molecule has 1 atom stereocenters. The number of aryl methyl sites for hydroxylation is 1. The van der Waals surface area contributed by atoms with Crippen LogP contribution in [0.1, 0.15) is 23.1 Å². The van der Waals surface area contributed by atoms with E-state index < -0.39 is 6.04 Å². The standard InChI is InChI=1S/C16H15N3O/c1-12-7-6-10-15(18-12)16(20)19(13(2)11-17)14-8-4-3-5-9-14/h3-10,13H,1-2H3. The fourth-order valence-electron chi connectivity index (χ4n) is 1.95. The zero-order valence-electron chi connectivity index (χ0n) is 11.4. The molecule has 0 aliphatic heterocycles. The van der Waals surface area contributed by atoms with E-state index in [1.54, 1.807) is 19.1 Å². The number of carbonyl (C=O) groups is 1. The van der Waals surface area contributed by atoms with E-state index in [-0.39, 0.29) is 5.91 Å². The SMILES string of the molecule is Cc1cccc(C(=O)N(c2ccccc2)C(C)C#N)n1. The lowest BCUT2D eigenvalue weighted by atomic mass is 10.2. The van der Waals surface area contributed by atoms with Gasteiger partial charge in [-0.05, 0) is 38.1 Å². The van der Waals surface area contributed by atoms with Crippen LogP contribution < -0.4 is 4.90 Å². The Morgan fingerprint density at radius 1 is 1.20 bits per heavy atom. The van der Waals surface area contributed by atoms with Crippen LogP contribution in [-0.2, 0) is 0 Å². The number of benzene rings is 1. The first kappa shape index (κ1) is 13.8. The van der Waals surface area contributed by atoms with Gasteiger partial charge in [0, 0.05) is 11.4 Å². The zero-order valence-corrected chi connectivity index (χ0v) is 11.4. The monoisotopic (exact) mass is 265 g/mol. The van der Waals surface area contributed by atoms with Crippen molar-refractivity contribution >= 4 is 11.6 Å². The molecule has 20 heavy (non-hydrogen) atoms. The van der Waals surface area contributed by atoms with Crippen LogP contribution in [0, 0.1) is 18.3 Å². The summed E-state index contributed by atoms with van der Waals surface area (Å²) in [5.41, 5.74) is 1.80. The summed E-state index contributed by atoms with van der Waals surface area (Å²) in [6, 6.07) is 16.0. The first-order valence-electron chi connectivity index (χ1n) is 6.35. The highest BCUT2D eigenvalue weighted by atomic mass is 16.2. The Morgan fingerprint density at radius 2 is 1.90 bits per heavy atom. The molecule has 2 aromatic rings. The molecule has 1 aromatic carbocycles. The highest BCUT2D eigenvalue weighted by Crippen LogP contribution is 2.19. The normalized spacial score (nSPS) is 11.4. The minimum absolute atomic E-state index is 0.269. The molecule has 1 aromatic heterocycles. The van der Waals surface area contributed by atoms with Gasteiger partial charge in [0.25, 0.3) is 5.91 Å². The third-order valence-corrected chi connectivity index (χ3v) is 2.93. The van der Waals surface area contributed by atoms with E-state index in [1.807, 2.05) is 43.3 Å². The lowest BCUT2D eigenvalue weighted by Gasteiger charge is -2.24.